The largest absolute Gasteiger partial charge is 0.350 e. The van der Waals surface area contributed by atoms with Crippen LogP contribution in [0.1, 0.15) is 31.4 Å². The molecular weight excluding hydrogens is 222 g/mol. The maximum Gasteiger partial charge on any atom is 0.223 e. The van der Waals surface area contributed by atoms with Crippen LogP contribution in [0, 0.1) is 5.92 Å². The maximum absolute atomic E-state index is 11.8. The van der Waals surface area contributed by atoms with Gasteiger partial charge in [0, 0.05) is 17.3 Å². The third kappa shape index (κ3) is 3.02. The van der Waals surface area contributed by atoms with Crippen molar-refractivity contribution in [3.05, 3.63) is 16.6 Å². The van der Waals surface area contributed by atoms with Crippen LogP contribution >= 0.6 is 11.3 Å². The lowest BCUT2D eigenvalue weighted by molar-refractivity contribution is -0.126. The molecule has 0 radical (unpaired) electrons. The Hall–Kier alpha value is -0.940. The fraction of sp³-hybridized carbons (Fsp3) is 0.636. The first-order valence-electron chi connectivity index (χ1n) is 5.66. The molecule has 1 aromatic heterocycles. The summed E-state index contributed by atoms with van der Waals surface area (Å²) in [6.45, 7) is 0.536. The Morgan fingerprint density at radius 3 is 3.19 bits per heavy atom. The monoisotopic (exact) mass is 239 g/mol. The molecule has 2 rings (SSSR count). The summed E-state index contributed by atoms with van der Waals surface area (Å²) in [6.07, 6.45) is 3.91. The second-order valence-electron chi connectivity index (χ2n) is 4.32. The first-order chi connectivity index (χ1) is 7.75. The number of hydrogen-bond donors (Lipinski definition) is 2. The molecule has 1 saturated carbocycles. The van der Waals surface area contributed by atoms with E-state index in [9.17, 15) is 4.79 Å². The molecule has 0 aromatic carbocycles. The van der Waals surface area contributed by atoms with Gasteiger partial charge in [0.25, 0.3) is 0 Å². The average molecular weight is 239 g/mol. The van der Waals surface area contributed by atoms with E-state index in [0.29, 0.717) is 6.54 Å². The van der Waals surface area contributed by atoms with Gasteiger partial charge in [-0.3, -0.25) is 4.79 Å². The van der Waals surface area contributed by atoms with Crippen molar-refractivity contribution < 1.29 is 4.79 Å². The molecular formula is C11H17N3OS. The van der Waals surface area contributed by atoms with Crippen LogP contribution in [0.2, 0.25) is 0 Å². The normalized spacial score (nSPS) is 25.3. The van der Waals surface area contributed by atoms with Crippen molar-refractivity contribution in [3.8, 4) is 0 Å². The van der Waals surface area contributed by atoms with Crippen LogP contribution in [-0.4, -0.2) is 16.9 Å². The summed E-state index contributed by atoms with van der Waals surface area (Å²) in [7, 11) is 0. The highest BCUT2D eigenvalue weighted by atomic mass is 32.1. The smallest absolute Gasteiger partial charge is 0.223 e. The molecule has 0 aliphatic heterocycles. The third-order valence-electron chi connectivity index (χ3n) is 3.01. The van der Waals surface area contributed by atoms with Crippen LogP contribution in [-0.2, 0) is 11.3 Å². The third-order valence-corrected chi connectivity index (χ3v) is 3.65. The second kappa shape index (κ2) is 5.41. The molecule has 1 aliphatic carbocycles. The predicted octanol–water partition coefficient (Wildman–Crippen LogP) is 1.28. The Morgan fingerprint density at radius 2 is 2.50 bits per heavy atom. The number of carbonyl (C=O) groups is 1. The van der Waals surface area contributed by atoms with Gasteiger partial charge < -0.3 is 11.1 Å². The zero-order valence-electron chi connectivity index (χ0n) is 9.19. The van der Waals surface area contributed by atoms with Gasteiger partial charge in [0.1, 0.15) is 0 Å². The molecule has 0 bridgehead atoms. The number of thiazole rings is 1. The molecule has 4 nitrogen and oxygen atoms in total. The van der Waals surface area contributed by atoms with Gasteiger partial charge >= 0.3 is 0 Å². The quantitative estimate of drug-likeness (QED) is 0.835. The number of carbonyl (C=O) groups excluding carboxylic acids is 1. The first kappa shape index (κ1) is 11.5. The Morgan fingerprint density at radius 1 is 1.62 bits per heavy atom. The van der Waals surface area contributed by atoms with Gasteiger partial charge in [-0.2, -0.15) is 0 Å². The SMILES string of the molecule is NC1CCCC(C(=O)NCc2cscn2)C1. The number of hydrogen-bond acceptors (Lipinski definition) is 4. The molecule has 1 heterocycles. The fourth-order valence-electron chi connectivity index (χ4n) is 2.11. The van der Waals surface area contributed by atoms with Crippen LogP contribution in [0.25, 0.3) is 0 Å². The van der Waals surface area contributed by atoms with Gasteiger partial charge in [0.05, 0.1) is 17.7 Å². The molecule has 1 amide bonds. The van der Waals surface area contributed by atoms with Crippen molar-refractivity contribution >= 4 is 17.2 Å². The minimum absolute atomic E-state index is 0.0994. The molecule has 16 heavy (non-hydrogen) atoms. The van der Waals surface area contributed by atoms with Crippen LogP contribution in [0.5, 0.6) is 0 Å². The highest BCUT2D eigenvalue weighted by Crippen LogP contribution is 2.23. The topological polar surface area (TPSA) is 68.0 Å². The number of nitrogens with zero attached hydrogens (tertiary/aromatic N) is 1. The summed E-state index contributed by atoms with van der Waals surface area (Å²) in [6, 6.07) is 0.198. The first-order valence-corrected chi connectivity index (χ1v) is 6.60. The predicted molar refractivity (Wildman–Crippen MR) is 63.9 cm³/mol. The Kier molecular flexibility index (Phi) is 3.90. The van der Waals surface area contributed by atoms with Crippen molar-refractivity contribution in [2.45, 2.75) is 38.3 Å². The zero-order valence-corrected chi connectivity index (χ0v) is 10.0. The highest BCUT2D eigenvalue weighted by Gasteiger charge is 2.24. The lowest BCUT2D eigenvalue weighted by atomic mass is 9.85. The van der Waals surface area contributed by atoms with Crippen molar-refractivity contribution in [1.82, 2.24) is 10.3 Å². The summed E-state index contributed by atoms with van der Waals surface area (Å²) >= 11 is 1.54. The van der Waals surface area contributed by atoms with E-state index in [1.165, 1.54) is 0 Å². The maximum atomic E-state index is 11.8. The van der Waals surface area contributed by atoms with E-state index in [-0.39, 0.29) is 17.9 Å². The van der Waals surface area contributed by atoms with Gasteiger partial charge in [-0.25, -0.2) is 4.98 Å². The van der Waals surface area contributed by atoms with E-state index in [4.69, 9.17) is 5.73 Å². The minimum Gasteiger partial charge on any atom is -0.350 e. The molecule has 1 aromatic rings. The van der Waals surface area contributed by atoms with Gasteiger partial charge in [0.15, 0.2) is 0 Å². The van der Waals surface area contributed by atoms with Gasteiger partial charge in [-0.15, -0.1) is 11.3 Å². The van der Waals surface area contributed by atoms with E-state index < -0.39 is 0 Å². The molecule has 88 valence electrons. The zero-order chi connectivity index (χ0) is 11.4. The van der Waals surface area contributed by atoms with Crippen molar-refractivity contribution in [2.75, 3.05) is 0 Å². The fourth-order valence-corrected chi connectivity index (χ4v) is 2.67. The van der Waals surface area contributed by atoms with Gasteiger partial charge in [-0.05, 0) is 19.3 Å². The number of nitrogens with two attached hydrogens (primary N) is 1. The summed E-state index contributed by atoms with van der Waals surface area (Å²) in [5, 5.41) is 4.88. The molecule has 0 saturated heterocycles. The molecule has 1 aliphatic rings. The Balaban J connectivity index is 1.79. The van der Waals surface area contributed by atoms with Crippen LogP contribution in [0.3, 0.4) is 0 Å². The van der Waals surface area contributed by atoms with Crippen molar-refractivity contribution in [2.24, 2.45) is 11.7 Å². The molecule has 0 spiro atoms. The molecule has 3 N–H and O–H groups in total. The van der Waals surface area contributed by atoms with E-state index in [0.717, 1.165) is 31.4 Å². The molecule has 2 unspecified atom stereocenters. The average Bonchev–Trinajstić information content (AvgIpc) is 2.78. The second-order valence-corrected chi connectivity index (χ2v) is 5.04. The number of aromatic nitrogens is 1. The van der Waals surface area contributed by atoms with E-state index in [2.05, 4.69) is 10.3 Å². The van der Waals surface area contributed by atoms with Gasteiger partial charge in [0.2, 0.25) is 5.91 Å². The number of amides is 1. The Labute approximate surface area is 99.3 Å². The van der Waals surface area contributed by atoms with Crippen LogP contribution in [0.4, 0.5) is 0 Å². The lowest BCUT2D eigenvalue weighted by Crippen LogP contribution is -2.37. The standard InChI is InChI=1S/C11H17N3OS/c12-9-3-1-2-8(4-9)11(15)13-5-10-6-16-7-14-10/h6-9H,1-5,12H2,(H,13,15). The molecule has 2 atom stereocenters. The lowest BCUT2D eigenvalue weighted by Gasteiger charge is -2.25. The minimum atomic E-state index is 0.0994. The van der Waals surface area contributed by atoms with Crippen LogP contribution in [0.15, 0.2) is 10.9 Å². The summed E-state index contributed by atoms with van der Waals surface area (Å²) in [5.41, 5.74) is 8.57. The van der Waals surface area contributed by atoms with Crippen molar-refractivity contribution in [3.63, 3.8) is 0 Å². The number of nitrogens with one attached hydrogen (secondary N) is 1. The number of rotatable bonds is 3. The molecule has 5 heteroatoms. The van der Waals surface area contributed by atoms with Crippen LogP contribution < -0.4 is 11.1 Å². The van der Waals surface area contributed by atoms with E-state index in [1.807, 2.05) is 5.38 Å². The van der Waals surface area contributed by atoms with Gasteiger partial charge in [-0.1, -0.05) is 6.42 Å². The highest BCUT2D eigenvalue weighted by molar-refractivity contribution is 7.07. The summed E-state index contributed by atoms with van der Waals surface area (Å²) < 4.78 is 0. The summed E-state index contributed by atoms with van der Waals surface area (Å²) in [4.78, 5) is 16.0. The summed E-state index contributed by atoms with van der Waals surface area (Å²) in [5.74, 6) is 0.227. The van der Waals surface area contributed by atoms with Crippen molar-refractivity contribution in [1.29, 1.82) is 0 Å². The van der Waals surface area contributed by atoms with E-state index >= 15 is 0 Å². The Bertz CT molecular complexity index is 339. The van der Waals surface area contributed by atoms with E-state index in [1.54, 1.807) is 16.8 Å². The molecule has 1 fully saturated rings.